The van der Waals surface area contributed by atoms with Gasteiger partial charge in [0.05, 0.1) is 7.11 Å². The highest BCUT2D eigenvalue weighted by atomic mass is 19.1. The Hall–Kier alpha value is -2.77. The Morgan fingerprint density at radius 2 is 2.00 bits per heavy atom. The summed E-state index contributed by atoms with van der Waals surface area (Å²) < 4.78 is 22.0. The number of nitrogens with one attached hydrogen (secondary N) is 1. The van der Waals surface area contributed by atoms with E-state index < -0.39 is 24.6 Å². The van der Waals surface area contributed by atoms with E-state index in [0.717, 1.165) is 12.7 Å². The quantitative estimate of drug-likeness (QED) is 0.841. The molecule has 1 aromatic carbocycles. The lowest BCUT2D eigenvalue weighted by Gasteiger charge is -2.13. The van der Waals surface area contributed by atoms with Gasteiger partial charge in [0.15, 0.2) is 6.67 Å². The number of alkyl halides is 1. The van der Waals surface area contributed by atoms with E-state index in [4.69, 9.17) is 4.42 Å². The van der Waals surface area contributed by atoms with Gasteiger partial charge in [-0.05, 0) is 19.1 Å². The first-order valence-corrected chi connectivity index (χ1v) is 6.38. The van der Waals surface area contributed by atoms with Crippen molar-refractivity contribution in [3.05, 3.63) is 47.2 Å². The third-order valence-electron chi connectivity index (χ3n) is 2.87. The largest absolute Gasteiger partial charge is 0.467 e. The fourth-order valence-corrected chi connectivity index (χ4v) is 1.70. The van der Waals surface area contributed by atoms with Crippen LogP contribution in [0.1, 0.15) is 33.7 Å². The maximum Gasteiger partial charge on any atom is 0.338 e. The van der Waals surface area contributed by atoms with Crippen molar-refractivity contribution in [1.82, 2.24) is 15.5 Å². The summed E-state index contributed by atoms with van der Waals surface area (Å²) in [6, 6.07) is 5.44. The molecular formula is C14H14FN3O4. The summed E-state index contributed by atoms with van der Waals surface area (Å²) in [7, 11) is 1.15. The van der Waals surface area contributed by atoms with Crippen LogP contribution in [0.5, 0.6) is 0 Å². The van der Waals surface area contributed by atoms with Crippen LogP contribution < -0.4 is 5.32 Å². The molecule has 0 spiro atoms. The van der Waals surface area contributed by atoms with Crippen LogP contribution in [0.15, 0.2) is 28.7 Å². The lowest BCUT2D eigenvalue weighted by Crippen LogP contribution is -2.34. The Labute approximate surface area is 125 Å². The lowest BCUT2D eigenvalue weighted by atomic mass is 10.1. The molecule has 0 saturated carbocycles. The first kappa shape index (κ1) is 15.6. The first-order chi connectivity index (χ1) is 10.5. The molecule has 0 saturated heterocycles. The van der Waals surface area contributed by atoms with Crippen molar-refractivity contribution in [3.63, 3.8) is 0 Å². The minimum Gasteiger partial charge on any atom is -0.467 e. The molecule has 8 heteroatoms. The molecule has 0 radical (unpaired) electrons. The molecule has 1 aromatic heterocycles. The van der Waals surface area contributed by atoms with Crippen LogP contribution in [0.3, 0.4) is 0 Å². The number of halogens is 1. The van der Waals surface area contributed by atoms with E-state index in [9.17, 15) is 14.0 Å². The van der Waals surface area contributed by atoms with Gasteiger partial charge in [0, 0.05) is 5.56 Å². The highest BCUT2D eigenvalue weighted by Gasteiger charge is 2.29. The summed E-state index contributed by atoms with van der Waals surface area (Å²) in [5, 5.41) is 9.38. The molecule has 0 bridgehead atoms. The summed E-state index contributed by atoms with van der Waals surface area (Å²) in [5.74, 6) is -1.83. The Kier molecular flexibility index (Phi) is 4.82. The van der Waals surface area contributed by atoms with Crippen LogP contribution in [0.25, 0.3) is 0 Å². The molecule has 1 unspecified atom stereocenters. The van der Waals surface area contributed by atoms with E-state index in [1.807, 2.05) is 6.92 Å². The van der Waals surface area contributed by atoms with Gasteiger partial charge in [0.25, 0.3) is 5.91 Å². The van der Waals surface area contributed by atoms with Crippen molar-refractivity contribution in [2.24, 2.45) is 0 Å². The molecule has 1 N–H and O–H groups in total. The van der Waals surface area contributed by atoms with Gasteiger partial charge in [-0.15, -0.1) is 10.2 Å². The maximum atomic E-state index is 12.5. The number of rotatable bonds is 5. The predicted octanol–water partition coefficient (Wildman–Crippen LogP) is 1.49. The van der Waals surface area contributed by atoms with Gasteiger partial charge in [-0.2, -0.15) is 0 Å². The van der Waals surface area contributed by atoms with Crippen molar-refractivity contribution in [2.75, 3.05) is 7.11 Å². The minimum absolute atomic E-state index is 0.236. The average molecular weight is 307 g/mol. The molecule has 22 heavy (non-hydrogen) atoms. The summed E-state index contributed by atoms with van der Waals surface area (Å²) in [6.07, 6.45) is 0. The summed E-state index contributed by atoms with van der Waals surface area (Å²) >= 11 is 0. The highest BCUT2D eigenvalue weighted by molar-refractivity contribution is 5.96. The molecule has 1 atom stereocenters. The minimum atomic E-state index is -1.30. The average Bonchev–Trinajstić information content (AvgIpc) is 3.01. The predicted molar refractivity (Wildman–Crippen MR) is 72.5 cm³/mol. The van der Waals surface area contributed by atoms with Crippen LogP contribution in [0, 0.1) is 6.92 Å². The van der Waals surface area contributed by atoms with Gasteiger partial charge >= 0.3 is 5.97 Å². The Morgan fingerprint density at radius 3 is 2.55 bits per heavy atom. The van der Waals surface area contributed by atoms with E-state index in [0.29, 0.717) is 5.56 Å². The number of amides is 1. The molecule has 7 nitrogen and oxygen atoms in total. The van der Waals surface area contributed by atoms with Crippen molar-refractivity contribution >= 4 is 11.9 Å². The zero-order valence-electron chi connectivity index (χ0n) is 12.0. The van der Waals surface area contributed by atoms with Crippen molar-refractivity contribution < 1.29 is 23.1 Å². The van der Waals surface area contributed by atoms with Crippen LogP contribution in [0.4, 0.5) is 4.39 Å². The fraction of sp³-hybridized carbons (Fsp3) is 0.286. The van der Waals surface area contributed by atoms with E-state index in [2.05, 4.69) is 20.3 Å². The number of benzene rings is 1. The molecule has 1 heterocycles. The third-order valence-corrected chi connectivity index (χ3v) is 2.87. The number of hydrogen-bond donors (Lipinski definition) is 1. The van der Waals surface area contributed by atoms with E-state index in [-0.39, 0.29) is 11.8 Å². The maximum absolute atomic E-state index is 12.5. The Morgan fingerprint density at radius 1 is 1.32 bits per heavy atom. The van der Waals surface area contributed by atoms with Crippen LogP contribution >= 0.6 is 0 Å². The topological polar surface area (TPSA) is 94.3 Å². The zero-order chi connectivity index (χ0) is 16.1. The van der Waals surface area contributed by atoms with Crippen molar-refractivity contribution in [3.8, 4) is 0 Å². The van der Waals surface area contributed by atoms with Gasteiger partial charge < -0.3 is 14.5 Å². The lowest BCUT2D eigenvalue weighted by molar-refractivity contribution is -0.143. The SMILES string of the molecule is COC(=O)C(NC(=O)c1ccc(C)cc1)c1nnc(CF)o1. The van der Waals surface area contributed by atoms with Crippen LogP contribution in [-0.2, 0) is 16.2 Å². The highest BCUT2D eigenvalue weighted by Crippen LogP contribution is 2.15. The second kappa shape index (κ2) is 6.79. The zero-order valence-corrected chi connectivity index (χ0v) is 12.0. The monoisotopic (exact) mass is 307 g/mol. The Bertz CT molecular complexity index is 669. The number of aromatic nitrogens is 2. The molecule has 2 aromatic rings. The van der Waals surface area contributed by atoms with Crippen molar-refractivity contribution in [1.29, 1.82) is 0 Å². The van der Waals surface area contributed by atoms with Gasteiger partial charge in [-0.25, -0.2) is 9.18 Å². The van der Waals surface area contributed by atoms with Crippen LogP contribution in [-0.4, -0.2) is 29.2 Å². The van der Waals surface area contributed by atoms with E-state index in [1.165, 1.54) is 0 Å². The second-order valence-corrected chi connectivity index (χ2v) is 4.46. The molecular weight excluding hydrogens is 293 g/mol. The van der Waals surface area contributed by atoms with Gasteiger partial charge in [-0.1, -0.05) is 17.7 Å². The fourth-order valence-electron chi connectivity index (χ4n) is 1.70. The van der Waals surface area contributed by atoms with Gasteiger partial charge in [-0.3, -0.25) is 4.79 Å². The van der Waals surface area contributed by atoms with Crippen molar-refractivity contribution in [2.45, 2.75) is 19.6 Å². The molecule has 1 amide bonds. The van der Waals surface area contributed by atoms with Gasteiger partial charge in [0.1, 0.15) is 0 Å². The molecule has 2 rings (SSSR count). The standard InChI is InChI=1S/C14H14FN3O4/c1-8-3-5-9(6-4-8)12(19)16-11(14(20)21-2)13-18-17-10(7-15)22-13/h3-6,11H,7H2,1-2H3,(H,16,19). The smallest absolute Gasteiger partial charge is 0.338 e. The number of esters is 1. The summed E-state index contributed by atoms with van der Waals surface area (Å²) in [4.78, 5) is 23.9. The van der Waals surface area contributed by atoms with Crippen LogP contribution in [0.2, 0.25) is 0 Å². The first-order valence-electron chi connectivity index (χ1n) is 6.38. The second-order valence-electron chi connectivity index (χ2n) is 4.46. The number of aryl methyl sites for hydroxylation is 1. The molecule has 0 aliphatic rings. The molecule has 0 fully saturated rings. The molecule has 116 valence electrons. The Balaban J connectivity index is 2.21. The number of nitrogens with zero attached hydrogens (tertiary/aromatic N) is 2. The van der Waals surface area contributed by atoms with E-state index >= 15 is 0 Å². The van der Waals surface area contributed by atoms with Gasteiger partial charge in [0.2, 0.25) is 17.8 Å². The van der Waals surface area contributed by atoms with E-state index in [1.54, 1.807) is 24.3 Å². The third kappa shape index (κ3) is 3.46. The molecule has 0 aliphatic heterocycles. The number of methoxy groups -OCH3 is 1. The molecule has 0 aliphatic carbocycles. The summed E-state index contributed by atoms with van der Waals surface area (Å²) in [5.41, 5.74) is 1.34. The number of carbonyl (C=O) groups excluding carboxylic acids is 2. The summed E-state index contributed by atoms with van der Waals surface area (Å²) in [6.45, 7) is 0.919. The normalized spacial score (nSPS) is 11.8. The number of carbonyl (C=O) groups is 2. The number of hydrogen-bond acceptors (Lipinski definition) is 6. The number of ether oxygens (including phenoxy) is 1.